The van der Waals surface area contributed by atoms with E-state index in [9.17, 15) is 9.90 Å². The van der Waals surface area contributed by atoms with E-state index in [0.717, 1.165) is 12.8 Å². The molecule has 110 valence electrons. The number of hydrogen-bond acceptors (Lipinski definition) is 5. The Morgan fingerprint density at radius 3 is 2.80 bits per heavy atom. The van der Waals surface area contributed by atoms with Crippen LogP contribution in [0.5, 0.6) is 5.75 Å². The van der Waals surface area contributed by atoms with Crippen molar-refractivity contribution >= 4 is 5.91 Å². The molecule has 1 aromatic heterocycles. The molecule has 1 aliphatic rings. The summed E-state index contributed by atoms with van der Waals surface area (Å²) in [5.74, 6) is 0.366. The molecule has 0 aromatic carbocycles. The highest BCUT2D eigenvalue weighted by atomic mass is 16.5. The van der Waals surface area contributed by atoms with E-state index >= 15 is 0 Å². The number of aliphatic hydroxyl groups is 1. The monoisotopic (exact) mass is 280 g/mol. The van der Waals surface area contributed by atoms with Crippen LogP contribution in [-0.4, -0.2) is 49.5 Å². The van der Waals surface area contributed by atoms with Crippen LogP contribution in [0.1, 0.15) is 23.3 Å². The number of hydrogen-bond donors (Lipinski definition) is 2. The molecule has 2 rings (SSSR count). The second kappa shape index (κ2) is 6.67. The van der Waals surface area contributed by atoms with E-state index in [0.29, 0.717) is 31.2 Å². The SMILES string of the molecule is COc1ccc(C(=O)NCC2(CO)CCOCC2)nc1. The molecule has 2 heterocycles. The van der Waals surface area contributed by atoms with Crippen LogP contribution in [0.3, 0.4) is 0 Å². The first-order valence-electron chi connectivity index (χ1n) is 6.66. The van der Waals surface area contributed by atoms with Gasteiger partial charge in [-0.25, -0.2) is 4.98 Å². The smallest absolute Gasteiger partial charge is 0.269 e. The zero-order valence-electron chi connectivity index (χ0n) is 11.6. The summed E-state index contributed by atoms with van der Waals surface area (Å²) >= 11 is 0. The molecular weight excluding hydrogens is 260 g/mol. The lowest BCUT2D eigenvalue weighted by Gasteiger charge is -2.35. The molecule has 1 aromatic rings. The molecule has 0 bridgehead atoms. The highest BCUT2D eigenvalue weighted by Gasteiger charge is 2.32. The van der Waals surface area contributed by atoms with Crippen LogP contribution in [0.2, 0.25) is 0 Å². The Balaban J connectivity index is 1.93. The van der Waals surface area contributed by atoms with Crippen molar-refractivity contribution in [3.05, 3.63) is 24.0 Å². The molecule has 0 aliphatic carbocycles. The molecule has 0 unspecified atom stereocenters. The van der Waals surface area contributed by atoms with Crippen LogP contribution in [0.25, 0.3) is 0 Å². The average molecular weight is 280 g/mol. The molecule has 1 aliphatic heterocycles. The van der Waals surface area contributed by atoms with Gasteiger partial charge in [0.2, 0.25) is 0 Å². The van der Waals surface area contributed by atoms with Gasteiger partial charge in [-0.05, 0) is 25.0 Å². The number of methoxy groups -OCH3 is 1. The van der Waals surface area contributed by atoms with Crippen molar-refractivity contribution in [2.24, 2.45) is 5.41 Å². The highest BCUT2D eigenvalue weighted by Crippen LogP contribution is 2.29. The molecule has 1 fully saturated rings. The van der Waals surface area contributed by atoms with E-state index in [2.05, 4.69) is 10.3 Å². The van der Waals surface area contributed by atoms with Gasteiger partial charge in [0.15, 0.2) is 0 Å². The number of aliphatic hydroxyl groups excluding tert-OH is 1. The maximum absolute atomic E-state index is 12.0. The molecule has 20 heavy (non-hydrogen) atoms. The second-order valence-electron chi connectivity index (χ2n) is 5.04. The summed E-state index contributed by atoms with van der Waals surface area (Å²) in [6, 6.07) is 3.31. The summed E-state index contributed by atoms with van der Waals surface area (Å²) < 4.78 is 10.3. The summed E-state index contributed by atoms with van der Waals surface area (Å²) in [5.41, 5.74) is 0.0614. The van der Waals surface area contributed by atoms with Crippen molar-refractivity contribution in [1.82, 2.24) is 10.3 Å². The molecule has 6 nitrogen and oxygen atoms in total. The molecule has 2 N–H and O–H groups in total. The lowest BCUT2D eigenvalue weighted by molar-refractivity contribution is -0.0146. The second-order valence-corrected chi connectivity index (χ2v) is 5.04. The van der Waals surface area contributed by atoms with Gasteiger partial charge in [-0.3, -0.25) is 4.79 Å². The predicted octanol–water partition coefficient (Wildman–Crippen LogP) is 0.609. The van der Waals surface area contributed by atoms with Crippen LogP contribution in [0.4, 0.5) is 0 Å². The van der Waals surface area contributed by atoms with Gasteiger partial charge in [0.05, 0.1) is 19.9 Å². The number of rotatable bonds is 5. The molecule has 0 atom stereocenters. The minimum atomic E-state index is -0.277. The van der Waals surface area contributed by atoms with Crippen molar-refractivity contribution < 1.29 is 19.4 Å². The van der Waals surface area contributed by atoms with E-state index in [1.54, 1.807) is 19.2 Å². The van der Waals surface area contributed by atoms with Gasteiger partial charge in [0.1, 0.15) is 11.4 Å². The third-order valence-corrected chi connectivity index (χ3v) is 3.72. The Morgan fingerprint density at radius 2 is 2.25 bits per heavy atom. The number of carbonyl (C=O) groups excluding carboxylic acids is 1. The summed E-state index contributed by atoms with van der Waals surface area (Å²) in [5, 5.41) is 12.4. The first kappa shape index (κ1) is 14.7. The fourth-order valence-electron chi connectivity index (χ4n) is 2.19. The van der Waals surface area contributed by atoms with Crippen LogP contribution < -0.4 is 10.1 Å². The Kier molecular flexibility index (Phi) is 4.92. The molecule has 1 saturated heterocycles. The van der Waals surface area contributed by atoms with Crippen LogP contribution >= 0.6 is 0 Å². The van der Waals surface area contributed by atoms with E-state index in [1.807, 2.05) is 0 Å². The standard InChI is InChI=1S/C14H20N2O4/c1-19-11-2-3-12(15-8-11)13(18)16-9-14(10-17)4-6-20-7-5-14/h2-3,8,17H,4-7,9-10H2,1H3,(H,16,18). The maximum Gasteiger partial charge on any atom is 0.269 e. The van der Waals surface area contributed by atoms with Gasteiger partial charge in [0, 0.05) is 25.2 Å². The molecule has 6 heteroatoms. The van der Waals surface area contributed by atoms with Gasteiger partial charge in [0.25, 0.3) is 5.91 Å². The summed E-state index contributed by atoms with van der Waals surface area (Å²) in [6.07, 6.45) is 3.00. The number of pyridine rings is 1. The first-order chi connectivity index (χ1) is 9.69. The lowest BCUT2D eigenvalue weighted by atomic mass is 9.81. The van der Waals surface area contributed by atoms with Crippen molar-refractivity contribution in [3.63, 3.8) is 0 Å². The molecule has 0 spiro atoms. The van der Waals surface area contributed by atoms with Gasteiger partial charge >= 0.3 is 0 Å². The molecule has 1 amide bonds. The zero-order valence-corrected chi connectivity index (χ0v) is 11.6. The Hall–Kier alpha value is -1.66. The third kappa shape index (κ3) is 3.46. The zero-order chi connectivity index (χ0) is 14.4. The highest BCUT2D eigenvalue weighted by molar-refractivity contribution is 5.92. The quantitative estimate of drug-likeness (QED) is 0.826. The normalized spacial score (nSPS) is 17.5. The fraction of sp³-hybridized carbons (Fsp3) is 0.571. The summed E-state index contributed by atoms with van der Waals surface area (Å²) in [6.45, 7) is 1.72. The van der Waals surface area contributed by atoms with E-state index in [4.69, 9.17) is 9.47 Å². The van der Waals surface area contributed by atoms with Crippen LogP contribution in [0.15, 0.2) is 18.3 Å². The number of nitrogens with zero attached hydrogens (tertiary/aromatic N) is 1. The molecule has 0 radical (unpaired) electrons. The van der Waals surface area contributed by atoms with Gasteiger partial charge in [-0.1, -0.05) is 0 Å². The minimum Gasteiger partial charge on any atom is -0.495 e. The lowest BCUT2D eigenvalue weighted by Crippen LogP contribution is -2.43. The van der Waals surface area contributed by atoms with Crippen LogP contribution in [-0.2, 0) is 4.74 Å². The van der Waals surface area contributed by atoms with Gasteiger partial charge in [-0.15, -0.1) is 0 Å². The Labute approximate surface area is 118 Å². The largest absolute Gasteiger partial charge is 0.495 e. The Morgan fingerprint density at radius 1 is 1.50 bits per heavy atom. The summed E-state index contributed by atoms with van der Waals surface area (Å²) in [4.78, 5) is 16.1. The fourth-order valence-corrected chi connectivity index (χ4v) is 2.19. The topological polar surface area (TPSA) is 80.7 Å². The number of aromatic nitrogens is 1. The number of amides is 1. The van der Waals surface area contributed by atoms with Crippen molar-refractivity contribution in [2.45, 2.75) is 12.8 Å². The van der Waals surface area contributed by atoms with Crippen molar-refractivity contribution in [2.75, 3.05) is 33.5 Å². The summed E-state index contributed by atoms with van der Waals surface area (Å²) in [7, 11) is 1.55. The maximum atomic E-state index is 12.0. The molecular formula is C14H20N2O4. The van der Waals surface area contributed by atoms with Crippen molar-refractivity contribution in [3.8, 4) is 5.75 Å². The predicted molar refractivity (Wildman–Crippen MR) is 72.7 cm³/mol. The minimum absolute atomic E-state index is 0.0483. The molecule has 0 saturated carbocycles. The average Bonchev–Trinajstić information content (AvgIpc) is 2.53. The third-order valence-electron chi connectivity index (χ3n) is 3.72. The number of nitrogens with one attached hydrogen (secondary N) is 1. The van der Waals surface area contributed by atoms with Crippen LogP contribution in [0, 0.1) is 5.41 Å². The number of ether oxygens (including phenoxy) is 2. The Bertz CT molecular complexity index is 441. The van der Waals surface area contributed by atoms with Crippen molar-refractivity contribution in [1.29, 1.82) is 0 Å². The van der Waals surface area contributed by atoms with E-state index in [-0.39, 0.29) is 17.9 Å². The van der Waals surface area contributed by atoms with E-state index in [1.165, 1.54) is 6.20 Å². The van der Waals surface area contributed by atoms with E-state index < -0.39 is 0 Å². The van der Waals surface area contributed by atoms with Gasteiger partial charge in [-0.2, -0.15) is 0 Å². The number of carbonyl (C=O) groups is 1. The first-order valence-corrected chi connectivity index (χ1v) is 6.66. The van der Waals surface area contributed by atoms with Gasteiger partial charge < -0.3 is 19.9 Å².